The van der Waals surface area contributed by atoms with Gasteiger partial charge >= 0.3 is 6.16 Å². The molecule has 0 bridgehead atoms. The van der Waals surface area contributed by atoms with Crippen molar-refractivity contribution in [3.63, 3.8) is 0 Å². The average molecular weight is 333 g/mol. The number of cyclic esters (lactones) is 1. The van der Waals surface area contributed by atoms with Crippen molar-refractivity contribution >= 4 is 17.8 Å². The first-order valence-corrected chi connectivity index (χ1v) is 8.30. The molecular weight excluding hydrogens is 314 g/mol. The zero-order chi connectivity index (χ0) is 16.9. The molecule has 0 radical (unpaired) electrons. The summed E-state index contributed by atoms with van der Waals surface area (Å²) in [5, 5.41) is 0. The second-order valence-corrected chi connectivity index (χ2v) is 6.72. The van der Waals surface area contributed by atoms with E-state index in [4.69, 9.17) is 13.9 Å². The predicted molar refractivity (Wildman–Crippen MR) is 81.0 cm³/mol. The van der Waals surface area contributed by atoms with Gasteiger partial charge in [-0.3, -0.25) is 9.59 Å². The van der Waals surface area contributed by atoms with E-state index in [1.54, 1.807) is 11.8 Å². The number of piperidine rings is 1. The number of hydrogen-bond acceptors (Lipinski definition) is 6. The lowest BCUT2D eigenvalue weighted by Gasteiger charge is -2.36. The van der Waals surface area contributed by atoms with Gasteiger partial charge in [-0.05, 0) is 13.3 Å². The molecule has 1 spiro atoms. The second kappa shape index (κ2) is 5.36. The van der Waals surface area contributed by atoms with Crippen molar-refractivity contribution < 1.29 is 28.3 Å². The summed E-state index contributed by atoms with van der Waals surface area (Å²) in [6.07, 6.45) is 2.37. The Balaban J connectivity index is 1.55. The van der Waals surface area contributed by atoms with Gasteiger partial charge < -0.3 is 18.8 Å². The molecule has 1 aromatic rings. The van der Waals surface area contributed by atoms with Gasteiger partial charge in [-0.1, -0.05) is 0 Å². The Bertz CT molecular complexity index is 726. The third-order valence-corrected chi connectivity index (χ3v) is 5.17. The summed E-state index contributed by atoms with van der Waals surface area (Å²) in [5.74, 6) is 0.964. The minimum Gasteiger partial charge on any atom is -0.465 e. The van der Waals surface area contributed by atoms with Crippen LogP contribution in [0.3, 0.4) is 0 Å². The van der Waals surface area contributed by atoms with Gasteiger partial charge in [0.2, 0.25) is 0 Å². The number of carbonyl (C=O) groups excluding carboxylic acids is 3. The van der Waals surface area contributed by atoms with Crippen molar-refractivity contribution in [2.45, 2.75) is 44.6 Å². The molecule has 7 heteroatoms. The minimum absolute atomic E-state index is 0.0111. The molecule has 2 saturated heterocycles. The second-order valence-electron chi connectivity index (χ2n) is 6.72. The van der Waals surface area contributed by atoms with Crippen LogP contribution in [0.25, 0.3) is 0 Å². The molecule has 4 rings (SSSR count). The van der Waals surface area contributed by atoms with Gasteiger partial charge in [0.05, 0.1) is 11.1 Å². The summed E-state index contributed by atoms with van der Waals surface area (Å²) in [4.78, 5) is 38.1. The monoisotopic (exact) mass is 333 g/mol. The Kier molecular flexibility index (Phi) is 3.40. The molecule has 0 unspecified atom stereocenters. The largest absolute Gasteiger partial charge is 0.509 e. The van der Waals surface area contributed by atoms with E-state index in [-0.39, 0.29) is 18.3 Å². The summed E-state index contributed by atoms with van der Waals surface area (Å²) in [5.41, 5.74) is 0.277. The van der Waals surface area contributed by atoms with Crippen molar-refractivity contribution in [3.05, 3.63) is 22.6 Å². The minimum atomic E-state index is -0.639. The van der Waals surface area contributed by atoms with Crippen LogP contribution in [0, 0.1) is 6.92 Å². The fourth-order valence-corrected chi connectivity index (χ4v) is 3.81. The van der Waals surface area contributed by atoms with Crippen LogP contribution in [0.5, 0.6) is 0 Å². The third-order valence-electron chi connectivity index (χ3n) is 5.17. The quantitative estimate of drug-likeness (QED) is 0.733. The van der Waals surface area contributed by atoms with Gasteiger partial charge in [-0.25, -0.2) is 4.79 Å². The van der Waals surface area contributed by atoms with E-state index in [1.165, 1.54) is 0 Å². The third kappa shape index (κ3) is 2.30. The number of hydrogen-bond donors (Lipinski definition) is 0. The number of ketones is 1. The number of carbonyl (C=O) groups is 3. The van der Waals surface area contributed by atoms with E-state index < -0.39 is 11.8 Å². The molecule has 128 valence electrons. The molecule has 3 heterocycles. The number of nitrogens with zero attached hydrogens (tertiary/aromatic N) is 1. The fraction of sp³-hybridized carbons (Fsp3) is 0.588. The number of amides is 1. The van der Waals surface area contributed by atoms with Crippen molar-refractivity contribution in [2.24, 2.45) is 0 Å². The van der Waals surface area contributed by atoms with E-state index in [9.17, 15) is 14.4 Å². The summed E-state index contributed by atoms with van der Waals surface area (Å²) < 4.78 is 15.8. The van der Waals surface area contributed by atoms with Crippen LogP contribution in [0.15, 0.2) is 4.42 Å². The fourth-order valence-electron chi connectivity index (χ4n) is 3.81. The maximum Gasteiger partial charge on any atom is 0.509 e. The lowest BCUT2D eigenvalue weighted by Crippen LogP contribution is -2.48. The van der Waals surface area contributed by atoms with Gasteiger partial charge in [0.25, 0.3) is 5.91 Å². The topological polar surface area (TPSA) is 86.1 Å². The zero-order valence-corrected chi connectivity index (χ0v) is 13.6. The van der Waals surface area contributed by atoms with Crippen molar-refractivity contribution in [3.8, 4) is 0 Å². The highest BCUT2D eigenvalue weighted by Crippen LogP contribution is 2.34. The van der Waals surface area contributed by atoms with Crippen molar-refractivity contribution in [1.29, 1.82) is 0 Å². The zero-order valence-electron chi connectivity index (χ0n) is 13.6. The molecule has 3 aliphatic rings. The van der Waals surface area contributed by atoms with Crippen LogP contribution in [0.4, 0.5) is 4.79 Å². The Morgan fingerprint density at radius 2 is 1.92 bits per heavy atom. The van der Waals surface area contributed by atoms with Crippen LogP contribution in [0.2, 0.25) is 0 Å². The maximum absolute atomic E-state index is 12.9. The normalized spacial score (nSPS) is 22.3. The molecule has 7 nitrogen and oxygen atoms in total. The number of fused-ring (bicyclic) bond motifs is 1. The first-order valence-electron chi connectivity index (χ1n) is 8.30. The van der Waals surface area contributed by atoms with Crippen LogP contribution < -0.4 is 0 Å². The molecule has 0 atom stereocenters. The highest BCUT2D eigenvalue weighted by Gasteiger charge is 2.46. The SMILES string of the molecule is Cc1oc2c(c1C(=O)N1CCC3(CC1)COC(=O)O3)C(=O)CCC2. The molecule has 1 amide bonds. The van der Waals surface area contributed by atoms with Gasteiger partial charge in [0, 0.05) is 38.8 Å². The molecule has 2 fully saturated rings. The number of aryl methyl sites for hydroxylation is 2. The smallest absolute Gasteiger partial charge is 0.465 e. The standard InChI is InChI=1S/C17H19NO6/c1-10-13(14-11(19)3-2-4-12(14)23-10)15(20)18-7-5-17(6-8-18)9-22-16(21)24-17/h2-9H2,1H3. The Morgan fingerprint density at radius 1 is 1.17 bits per heavy atom. The summed E-state index contributed by atoms with van der Waals surface area (Å²) in [7, 11) is 0. The maximum atomic E-state index is 12.9. The van der Waals surface area contributed by atoms with Crippen LogP contribution in [0.1, 0.15) is 57.9 Å². The van der Waals surface area contributed by atoms with Crippen molar-refractivity contribution in [2.75, 3.05) is 19.7 Å². The number of rotatable bonds is 1. The molecular formula is C17H19NO6. The number of ether oxygens (including phenoxy) is 2. The average Bonchev–Trinajstić information content (AvgIpc) is 3.08. The van der Waals surface area contributed by atoms with Crippen molar-refractivity contribution in [1.82, 2.24) is 4.90 Å². The van der Waals surface area contributed by atoms with E-state index >= 15 is 0 Å². The van der Waals surface area contributed by atoms with Gasteiger partial charge in [0.15, 0.2) is 11.4 Å². The summed E-state index contributed by atoms with van der Waals surface area (Å²) in [6.45, 7) is 2.90. The molecule has 0 N–H and O–H groups in total. The van der Waals surface area contributed by atoms with E-state index in [0.29, 0.717) is 61.4 Å². The van der Waals surface area contributed by atoms with Crippen LogP contribution in [-0.4, -0.2) is 48.0 Å². The van der Waals surface area contributed by atoms with Gasteiger partial charge in [0.1, 0.15) is 18.1 Å². The molecule has 24 heavy (non-hydrogen) atoms. The lowest BCUT2D eigenvalue weighted by molar-refractivity contribution is 0.00272. The predicted octanol–water partition coefficient (Wildman–Crippen LogP) is 2.25. The Labute approximate surface area is 138 Å². The van der Waals surface area contributed by atoms with Crippen LogP contribution in [-0.2, 0) is 15.9 Å². The lowest BCUT2D eigenvalue weighted by atomic mass is 9.90. The molecule has 2 aliphatic heterocycles. The number of Topliss-reactive ketones (excluding diaryl/α,β-unsaturated/α-hetero) is 1. The summed E-state index contributed by atoms with van der Waals surface area (Å²) >= 11 is 0. The molecule has 1 aromatic heterocycles. The number of likely N-dealkylation sites (tertiary alicyclic amines) is 1. The Hall–Kier alpha value is -2.31. The van der Waals surface area contributed by atoms with Gasteiger partial charge in [-0.15, -0.1) is 0 Å². The molecule has 1 aliphatic carbocycles. The Morgan fingerprint density at radius 3 is 2.58 bits per heavy atom. The van der Waals surface area contributed by atoms with E-state index in [2.05, 4.69) is 0 Å². The molecule has 0 aromatic carbocycles. The highest BCUT2D eigenvalue weighted by molar-refractivity contribution is 6.10. The first-order chi connectivity index (χ1) is 11.5. The molecule has 0 saturated carbocycles. The van der Waals surface area contributed by atoms with E-state index in [1.807, 2.05) is 0 Å². The van der Waals surface area contributed by atoms with Crippen LogP contribution >= 0.6 is 0 Å². The van der Waals surface area contributed by atoms with Gasteiger partial charge in [-0.2, -0.15) is 0 Å². The first kappa shape index (κ1) is 15.2. The summed E-state index contributed by atoms with van der Waals surface area (Å²) in [6, 6.07) is 0. The van der Waals surface area contributed by atoms with E-state index in [0.717, 1.165) is 6.42 Å². The highest BCUT2D eigenvalue weighted by atomic mass is 16.8. The number of furan rings is 1.